The van der Waals surface area contributed by atoms with Gasteiger partial charge >= 0.3 is 7.12 Å². The van der Waals surface area contributed by atoms with Crippen molar-refractivity contribution in [2.45, 2.75) is 38.9 Å². The minimum Gasteiger partial charge on any atom is -0.400 e. The van der Waals surface area contributed by atoms with Gasteiger partial charge in [0.2, 0.25) is 0 Å². The monoisotopic (exact) mass is 302 g/mol. The van der Waals surface area contributed by atoms with Gasteiger partial charge in [0.15, 0.2) is 0 Å². The Hall–Kier alpha value is -1.29. The molecule has 0 N–H and O–H groups in total. The molecule has 0 unspecified atom stereocenters. The van der Waals surface area contributed by atoms with Crippen molar-refractivity contribution in [2.24, 2.45) is 0 Å². The minimum absolute atomic E-state index is 0.377. The number of aromatic nitrogens is 1. The van der Waals surface area contributed by atoms with Crippen LogP contribution in [0.15, 0.2) is 23.8 Å². The number of pyridine rings is 1. The molecule has 1 aromatic heterocycles. The van der Waals surface area contributed by atoms with Gasteiger partial charge in [-0.3, -0.25) is 4.98 Å². The van der Waals surface area contributed by atoms with E-state index in [0.29, 0.717) is 11.3 Å². The highest BCUT2D eigenvalue weighted by Gasteiger charge is 2.52. The van der Waals surface area contributed by atoms with Crippen LogP contribution in [0.2, 0.25) is 0 Å². The molecule has 0 amide bonds. The van der Waals surface area contributed by atoms with E-state index in [-0.39, 0.29) is 11.2 Å². The first kappa shape index (κ1) is 16.1. The molecule has 21 heavy (non-hydrogen) atoms. The normalized spacial score (nSPS) is 20.4. The topological polar surface area (TPSA) is 55.1 Å². The second-order valence-electron chi connectivity index (χ2n) is 6.05. The van der Waals surface area contributed by atoms with Crippen molar-refractivity contribution in [3.05, 3.63) is 35.1 Å². The van der Waals surface area contributed by atoms with E-state index in [1.165, 1.54) is 0 Å². The molecule has 2 rings (SSSR count). The molecule has 2 heterocycles. The van der Waals surface area contributed by atoms with Gasteiger partial charge in [0.05, 0.1) is 22.5 Å². The maximum atomic E-state index is 8.79. The Kier molecular flexibility index (Phi) is 4.47. The summed E-state index contributed by atoms with van der Waals surface area (Å²) in [6.07, 6.45) is 3.45. The van der Waals surface area contributed by atoms with Crippen LogP contribution in [0.3, 0.4) is 0 Å². The molecule has 1 saturated heterocycles. The lowest BCUT2D eigenvalue weighted by Gasteiger charge is -2.32. The average molecular weight is 302 g/mol. The van der Waals surface area contributed by atoms with Gasteiger partial charge in [-0.2, -0.15) is 17.9 Å². The number of hydrogen-bond donors (Lipinski definition) is 1. The lowest BCUT2D eigenvalue weighted by molar-refractivity contribution is 0.00578. The maximum absolute atomic E-state index is 8.79. The van der Waals surface area contributed by atoms with Crippen molar-refractivity contribution >= 4 is 25.8 Å². The van der Waals surface area contributed by atoms with E-state index in [1.54, 1.807) is 18.3 Å². The molecule has 0 saturated carbocycles. The molecule has 0 radical (unpaired) electrons. The molecule has 0 bridgehead atoms. The summed E-state index contributed by atoms with van der Waals surface area (Å²) in [5.74, 6) is 0.512. The van der Waals surface area contributed by atoms with Crippen LogP contribution in [0.4, 0.5) is 0 Å². The van der Waals surface area contributed by atoms with Crippen LogP contribution in [0, 0.1) is 11.3 Å². The van der Waals surface area contributed by atoms with Gasteiger partial charge in [-0.25, -0.2) is 0 Å². The molecule has 1 aromatic rings. The third kappa shape index (κ3) is 3.32. The fraction of sp³-hybridized carbons (Fsp3) is 0.467. The summed E-state index contributed by atoms with van der Waals surface area (Å²) in [5, 5.41) is 8.79. The SMILES string of the molecule is CC1(C)OB(C(=Cc2ccc(C#N)cn2)CS)OC1(C)C. The second kappa shape index (κ2) is 5.84. The van der Waals surface area contributed by atoms with Gasteiger partial charge in [-0.1, -0.05) is 0 Å². The van der Waals surface area contributed by atoms with Crippen LogP contribution in [-0.2, 0) is 9.31 Å². The van der Waals surface area contributed by atoms with E-state index in [1.807, 2.05) is 33.8 Å². The van der Waals surface area contributed by atoms with Crippen LogP contribution >= 0.6 is 12.6 Å². The first-order valence-electron chi connectivity index (χ1n) is 6.82. The summed E-state index contributed by atoms with van der Waals surface area (Å²) in [4.78, 5) is 4.24. The van der Waals surface area contributed by atoms with Crippen LogP contribution in [0.5, 0.6) is 0 Å². The highest BCUT2D eigenvalue weighted by Crippen LogP contribution is 2.38. The summed E-state index contributed by atoms with van der Waals surface area (Å²) in [6.45, 7) is 8.07. The summed E-state index contributed by atoms with van der Waals surface area (Å²) in [5.41, 5.74) is 1.45. The van der Waals surface area contributed by atoms with E-state index >= 15 is 0 Å². The number of thiol groups is 1. The molecular weight excluding hydrogens is 283 g/mol. The lowest BCUT2D eigenvalue weighted by atomic mass is 9.78. The zero-order valence-corrected chi connectivity index (χ0v) is 13.6. The highest BCUT2D eigenvalue weighted by molar-refractivity contribution is 7.80. The third-order valence-corrected chi connectivity index (χ3v) is 4.35. The Morgan fingerprint density at radius 3 is 2.38 bits per heavy atom. The van der Waals surface area contributed by atoms with E-state index in [4.69, 9.17) is 14.6 Å². The zero-order chi connectivity index (χ0) is 15.7. The van der Waals surface area contributed by atoms with Gasteiger partial charge < -0.3 is 9.31 Å². The van der Waals surface area contributed by atoms with Crippen LogP contribution in [0.1, 0.15) is 39.0 Å². The number of nitrogens with zero attached hydrogens (tertiary/aromatic N) is 2. The number of rotatable bonds is 3. The predicted molar refractivity (Wildman–Crippen MR) is 86.9 cm³/mol. The molecule has 1 aliphatic heterocycles. The standard InChI is InChI=1S/C15H19BN2O2S/c1-14(2)15(3,4)20-16(19-14)12(10-21)7-13-6-5-11(8-17)9-18-13/h5-7,9,21H,10H2,1-4H3. The average Bonchev–Trinajstić information content (AvgIpc) is 2.65. The van der Waals surface area contributed by atoms with Gasteiger partial charge in [0.1, 0.15) is 6.07 Å². The molecule has 1 aliphatic rings. The van der Waals surface area contributed by atoms with Gasteiger partial charge in [-0.05, 0) is 51.4 Å². The molecule has 1 fully saturated rings. The Morgan fingerprint density at radius 1 is 1.33 bits per heavy atom. The quantitative estimate of drug-likeness (QED) is 0.689. The van der Waals surface area contributed by atoms with Crippen molar-refractivity contribution in [1.82, 2.24) is 4.98 Å². The van der Waals surface area contributed by atoms with Crippen molar-refractivity contribution in [2.75, 3.05) is 5.75 Å². The Morgan fingerprint density at radius 2 is 1.95 bits per heavy atom. The summed E-state index contributed by atoms with van der Waals surface area (Å²) < 4.78 is 12.0. The molecule has 4 nitrogen and oxygen atoms in total. The van der Waals surface area contributed by atoms with E-state index in [0.717, 1.165) is 11.2 Å². The van der Waals surface area contributed by atoms with Crippen LogP contribution < -0.4 is 0 Å². The zero-order valence-electron chi connectivity index (χ0n) is 12.8. The fourth-order valence-electron chi connectivity index (χ4n) is 1.93. The lowest BCUT2D eigenvalue weighted by Crippen LogP contribution is -2.41. The largest absolute Gasteiger partial charge is 0.491 e. The van der Waals surface area contributed by atoms with Gasteiger partial charge in [0.25, 0.3) is 0 Å². The molecule has 0 aromatic carbocycles. The van der Waals surface area contributed by atoms with E-state index in [2.05, 4.69) is 23.7 Å². The minimum atomic E-state index is -0.426. The van der Waals surface area contributed by atoms with Crippen molar-refractivity contribution < 1.29 is 9.31 Å². The van der Waals surface area contributed by atoms with Crippen LogP contribution in [-0.4, -0.2) is 29.1 Å². The smallest absolute Gasteiger partial charge is 0.400 e. The Balaban J connectivity index is 2.24. The summed E-state index contributed by atoms with van der Waals surface area (Å²) >= 11 is 4.36. The predicted octanol–water partition coefficient (Wildman–Crippen LogP) is 2.90. The summed E-state index contributed by atoms with van der Waals surface area (Å²) in [7, 11) is -0.426. The van der Waals surface area contributed by atoms with Crippen molar-refractivity contribution in [3.63, 3.8) is 0 Å². The number of hydrogen-bond acceptors (Lipinski definition) is 5. The molecule has 0 spiro atoms. The molecular formula is C15H19BN2O2S. The first-order chi connectivity index (χ1) is 9.79. The van der Waals surface area contributed by atoms with Gasteiger partial charge in [0, 0.05) is 11.9 Å². The first-order valence-corrected chi connectivity index (χ1v) is 7.45. The number of nitriles is 1. The van der Waals surface area contributed by atoms with Gasteiger partial charge in [-0.15, -0.1) is 0 Å². The van der Waals surface area contributed by atoms with Crippen molar-refractivity contribution in [3.8, 4) is 6.07 Å². The fourth-order valence-corrected chi connectivity index (χ4v) is 2.17. The Labute approximate surface area is 131 Å². The van der Waals surface area contributed by atoms with E-state index < -0.39 is 7.12 Å². The maximum Gasteiger partial charge on any atom is 0.491 e. The molecule has 0 atom stereocenters. The molecule has 6 heteroatoms. The highest BCUT2D eigenvalue weighted by atomic mass is 32.1. The third-order valence-electron chi connectivity index (χ3n) is 3.99. The second-order valence-corrected chi connectivity index (χ2v) is 6.37. The Bertz CT molecular complexity index is 575. The van der Waals surface area contributed by atoms with Crippen molar-refractivity contribution in [1.29, 1.82) is 5.26 Å². The molecule has 110 valence electrons. The van der Waals surface area contributed by atoms with E-state index in [9.17, 15) is 0 Å². The summed E-state index contributed by atoms with van der Waals surface area (Å²) in [6, 6.07) is 5.58. The molecule has 0 aliphatic carbocycles. The van der Waals surface area contributed by atoms with Crippen LogP contribution in [0.25, 0.3) is 6.08 Å².